The van der Waals surface area contributed by atoms with Gasteiger partial charge in [0.15, 0.2) is 0 Å². The lowest BCUT2D eigenvalue weighted by atomic mass is 9.79. The summed E-state index contributed by atoms with van der Waals surface area (Å²) >= 11 is 0. The monoisotopic (exact) mass is 289 g/mol. The molecule has 1 aliphatic carbocycles. The van der Waals surface area contributed by atoms with Gasteiger partial charge in [0.2, 0.25) is 0 Å². The zero-order chi connectivity index (χ0) is 14.7. The summed E-state index contributed by atoms with van der Waals surface area (Å²) in [5, 5.41) is 13.7. The van der Waals surface area contributed by atoms with Gasteiger partial charge in [-0.05, 0) is 31.6 Å². The van der Waals surface area contributed by atoms with E-state index in [2.05, 4.69) is 12.2 Å². The lowest BCUT2D eigenvalue weighted by molar-refractivity contribution is -0.00873. The van der Waals surface area contributed by atoms with E-state index >= 15 is 0 Å². The van der Waals surface area contributed by atoms with E-state index in [9.17, 15) is 5.11 Å². The summed E-state index contributed by atoms with van der Waals surface area (Å²) in [4.78, 5) is 0. The second-order valence-corrected chi connectivity index (χ2v) is 5.80. The van der Waals surface area contributed by atoms with Crippen molar-refractivity contribution in [3.63, 3.8) is 0 Å². The molecule has 5 heteroatoms. The lowest BCUT2D eigenvalue weighted by Crippen LogP contribution is -2.44. The van der Waals surface area contributed by atoms with Crippen molar-refractivity contribution in [3.05, 3.63) is 0 Å². The van der Waals surface area contributed by atoms with Crippen LogP contribution in [0.2, 0.25) is 0 Å². The summed E-state index contributed by atoms with van der Waals surface area (Å²) in [5.74, 6) is 0.761. The molecular weight excluding hydrogens is 258 g/mol. The first-order valence-electron chi connectivity index (χ1n) is 7.74. The lowest BCUT2D eigenvalue weighted by Gasteiger charge is -2.35. The van der Waals surface area contributed by atoms with Crippen LogP contribution in [0.15, 0.2) is 0 Å². The van der Waals surface area contributed by atoms with Crippen LogP contribution in [0.4, 0.5) is 0 Å². The second-order valence-electron chi connectivity index (χ2n) is 5.80. The molecule has 0 atom stereocenters. The van der Waals surface area contributed by atoms with Gasteiger partial charge < -0.3 is 24.6 Å². The van der Waals surface area contributed by atoms with Gasteiger partial charge >= 0.3 is 0 Å². The SMILES string of the molecule is COCCOCCOCCNCC1(O)CCC(C)CC1. The molecule has 0 spiro atoms. The Balaban J connectivity index is 1.87. The van der Waals surface area contributed by atoms with E-state index in [0.717, 1.165) is 38.1 Å². The molecular formula is C15H31NO4. The van der Waals surface area contributed by atoms with E-state index in [0.29, 0.717) is 39.6 Å². The van der Waals surface area contributed by atoms with E-state index in [1.807, 2.05) is 0 Å². The molecule has 0 aromatic rings. The van der Waals surface area contributed by atoms with Gasteiger partial charge in [0.05, 0.1) is 38.6 Å². The van der Waals surface area contributed by atoms with Crippen molar-refractivity contribution >= 4 is 0 Å². The maximum absolute atomic E-state index is 10.4. The van der Waals surface area contributed by atoms with E-state index in [-0.39, 0.29) is 0 Å². The molecule has 1 rings (SSSR count). The van der Waals surface area contributed by atoms with Crippen molar-refractivity contribution in [3.8, 4) is 0 Å². The molecule has 5 nitrogen and oxygen atoms in total. The molecule has 0 saturated heterocycles. The molecule has 1 saturated carbocycles. The van der Waals surface area contributed by atoms with Gasteiger partial charge in [0, 0.05) is 20.2 Å². The number of rotatable bonds is 11. The molecule has 0 unspecified atom stereocenters. The van der Waals surface area contributed by atoms with E-state index in [1.54, 1.807) is 7.11 Å². The molecule has 1 aliphatic rings. The molecule has 120 valence electrons. The minimum atomic E-state index is -0.504. The van der Waals surface area contributed by atoms with Crippen LogP contribution < -0.4 is 5.32 Å². The van der Waals surface area contributed by atoms with Crippen LogP contribution >= 0.6 is 0 Å². The third kappa shape index (κ3) is 8.17. The Morgan fingerprint density at radius 3 is 2.30 bits per heavy atom. The standard InChI is InChI=1S/C15H31NO4/c1-14-3-5-15(17,6-4-14)13-16-7-8-19-11-12-20-10-9-18-2/h14,16-17H,3-13H2,1-2H3. The highest BCUT2D eigenvalue weighted by molar-refractivity contribution is 4.86. The maximum Gasteiger partial charge on any atom is 0.0771 e. The first kappa shape index (κ1) is 17.9. The largest absolute Gasteiger partial charge is 0.389 e. The van der Waals surface area contributed by atoms with Crippen LogP contribution in [0.25, 0.3) is 0 Å². The normalized spacial score (nSPS) is 26.9. The molecule has 20 heavy (non-hydrogen) atoms. The number of ether oxygens (including phenoxy) is 3. The summed E-state index contributed by atoms with van der Waals surface area (Å²) in [6.07, 6.45) is 4.09. The molecule has 0 amide bonds. The number of hydrogen-bond acceptors (Lipinski definition) is 5. The maximum atomic E-state index is 10.4. The van der Waals surface area contributed by atoms with Crippen molar-refractivity contribution in [2.45, 2.75) is 38.2 Å². The summed E-state index contributed by atoms with van der Waals surface area (Å²) in [6, 6.07) is 0. The summed E-state index contributed by atoms with van der Waals surface area (Å²) in [6.45, 7) is 6.81. The van der Waals surface area contributed by atoms with Crippen molar-refractivity contribution in [1.29, 1.82) is 0 Å². The van der Waals surface area contributed by atoms with E-state index in [1.165, 1.54) is 0 Å². The summed E-state index contributed by atoms with van der Waals surface area (Å²) < 4.78 is 15.6. The summed E-state index contributed by atoms with van der Waals surface area (Å²) in [7, 11) is 1.66. The van der Waals surface area contributed by atoms with E-state index in [4.69, 9.17) is 14.2 Å². The molecule has 0 heterocycles. The fourth-order valence-corrected chi connectivity index (χ4v) is 2.41. The van der Waals surface area contributed by atoms with Crippen molar-refractivity contribution in [2.75, 3.05) is 53.2 Å². The van der Waals surface area contributed by atoms with Gasteiger partial charge in [0.1, 0.15) is 0 Å². The molecule has 0 aromatic heterocycles. The minimum absolute atomic E-state index is 0.504. The molecule has 0 radical (unpaired) electrons. The quantitative estimate of drug-likeness (QED) is 0.560. The molecule has 1 fully saturated rings. The Kier molecular flexibility index (Phi) is 9.39. The average molecular weight is 289 g/mol. The van der Waals surface area contributed by atoms with Crippen molar-refractivity contribution in [1.82, 2.24) is 5.32 Å². The fraction of sp³-hybridized carbons (Fsp3) is 1.00. The smallest absolute Gasteiger partial charge is 0.0771 e. The molecule has 0 bridgehead atoms. The van der Waals surface area contributed by atoms with Crippen LogP contribution in [-0.4, -0.2) is 63.9 Å². The highest BCUT2D eigenvalue weighted by Gasteiger charge is 2.30. The van der Waals surface area contributed by atoms with Gasteiger partial charge in [-0.15, -0.1) is 0 Å². The van der Waals surface area contributed by atoms with Gasteiger partial charge in [-0.2, -0.15) is 0 Å². The Labute approximate surface area is 123 Å². The third-order valence-corrected chi connectivity index (χ3v) is 3.89. The highest BCUT2D eigenvalue weighted by atomic mass is 16.5. The van der Waals surface area contributed by atoms with Crippen LogP contribution in [0.5, 0.6) is 0 Å². The van der Waals surface area contributed by atoms with Crippen LogP contribution in [-0.2, 0) is 14.2 Å². The van der Waals surface area contributed by atoms with Gasteiger partial charge in [-0.3, -0.25) is 0 Å². The van der Waals surface area contributed by atoms with E-state index < -0.39 is 5.60 Å². The second kappa shape index (κ2) is 10.5. The molecule has 2 N–H and O–H groups in total. The Morgan fingerprint density at radius 1 is 1.05 bits per heavy atom. The van der Waals surface area contributed by atoms with Crippen LogP contribution in [0.1, 0.15) is 32.6 Å². The number of nitrogens with one attached hydrogen (secondary N) is 1. The first-order chi connectivity index (χ1) is 9.66. The fourth-order valence-electron chi connectivity index (χ4n) is 2.41. The van der Waals surface area contributed by atoms with Crippen molar-refractivity contribution in [2.24, 2.45) is 5.92 Å². The Hall–Kier alpha value is -0.200. The van der Waals surface area contributed by atoms with Crippen LogP contribution in [0, 0.1) is 5.92 Å². The predicted octanol–water partition coefficient (Wildman–Crippen LogP) is 1.20. The predicted molar refractivity (Wildman–Crippen MR) is 79.0 cm³/mol. The molecule has 0 aliphatic heterocycles. The van der Waals surface area contributed by atoms with Gasteiger partial charge in [-0.1, -0.05) is 6.92 Å². The Morgan fingerprint density at radius 2 is 1.65 bits per heavy atom. The highest BCUT2D eigenvalue weighted by Crippen LogP contribution is 2.31. The van der Waals surface area contributed by atoms with Crippen LogP contribution in [0.3, 0.4) is 0 Å². The van der Waals surface area contributed by atoms with Gasteiger partial charge in [-0.25, -0.2) is 0 Å². The average Bonchev–Trinajstić information content (AvgIpc) is 2.45. The third-order valence-electron chi connectivity index (χ3n) is 3.89. The number of methoxy groups -OCH3 is 1. The zero-order valence-electron chi connectivity index (χ0n) is 13.0. The first-order valence-corrected chi connectivity index (χ1v) is 7.74. The Bertz CT molecular complexity index is 230. The zero-order valence-corrected chi connectivity index (χ0v) is 13.0. The minimum Gasteiger partial charge on any atom is -0.389 e. The summed E-state index contributed by atoms with van der Waals surface area (Å²) in [5.41, 5.74) is -0.504. The van der Waals surface area contributed by atoms with Crippen molar-refractivity contribution < 1.29 is 19.3 Å². The molecule has 0 aromatic carbocycles. The number of aliphatic hydroxyl groups is 1. The van der Waals surface area contributed by atoms with Gasteiger partial charge in [0.25, 0.3) is 0 Å². The topological polar surface area (TPSA) is 60.0 Å². The number of hydrogen-bond donors (Lipinski definition) is 2.